The van der Waals surface area contributed by atoms with Gasteiger partial charge >= 0.3 is 0 Å². The molecule has 2 heterocycles. The smallest absolute Gasteiger partial charge is 0.216 e. The molecule has 5 nitrogen and oxygen atoms in total. The Morgan fingerprint density at radius 3 is 2.43 bits per heavy atom. The summed E-state index contributed by atoms with van der Waals surface area (Å²) in [4.78, 5) is 2.46. The van der Waals surface area contributed by atoms with E-state index in [1.54, 1.807) is 0 Å². The number of hydrogen-bond donors (Lipinski definition) is 1. The topological polar surface area (TPSA) is 50.5 Å². The van der Waals surface area contributed by atoms with Crippen molar-refractivity contribution in [3.63, 3.8) is 0 Å². The van der Waals surface area contributed by atoms with Crippen molar-refractivity contribution in [1.82, 2.24) is 14.7 Å². The van der Waals surface area contributed by atoms with Gasteiger partial charge in [-0.25, -0.2) is 4.68 Å². The third kappa shape index (κ3) is 4.70. The highest BCUT2D eigenvalue weighted by molar-refractivity contribution is 5.31. The van der Waals surface area contributed by atoms with Gasteiger partial charge in [-0.2, -0.15) is 5.10 Å². The fraction of sp³-hybridized carbons (Fsp3) is 0.833. The molecule has 23 heavy (non-hydrogen) atoms. The molecule has 0 aromatic carbocycles. The first-order chi connectivity index (χ1) is 10.9. The van der Waals surface area contributed by atoms with Crippen molar-refractivity contribution < 1.29 is 9.84 Å². The molecule has 0 saturated carbocycles. The Bertz CT molecular complexity index is 489. The van der Waals surface area contributed by atoms with Crippen molar-refractivity contribution in [3.05, 3.63) is 11.3 Å². The number of aryl methyl sites for hydroxylation is 1. The minimum absolute atomic E-state index is 0.188. The van der Waals surface area contributed by atoms with E-state index in [0.29, 0.717) is 18.4 Å². The van der Waals surface area contributed by atoms with Crippen LogP contribution in [0.25, 0.3) is 0 Å². The van der Waals surface area contributed by atoms with Crippen LogP contribution in [0, 0.1) is 18.8 Å². The molecule has 1 N–H and O–H groups in total. The zero-order valence-electron chi connectivity index (χ0n) is 15.4. The predicted molar refractivity (Wildman–Crippen MR) is 92.7 cm³/mol. The van der Waals surface area contributed by atoms with E-state index in [9.17, 15) is 5.11 Å². The normalized spacial score (nSPS) is 18.6. The maximum absolute atomic E-state index is 9.75. The third-order valence-corrected chi connectivity index (χ3v) is 4.72. The van der Waals surface area contributed by atoms with Gasteiger partial charge < -0.3 is 9.84 Å². The maximum Gasteiger partial charge on any atom is 0.216 e. The Kier molecular flexibility index (Phi) is 6.48. The number of aliphatic hydroxyl groups is 1. The lowest BCUT2D eigenvalue weighted by Gasteiger charge is -2.33. The number of hydrogen-bond acceptors (Lipinski definition) is 4. The van der Waals surface area contributed by atoms with E-state index in [0.717, 1.165) is 50.6 Å². The van der Waals surface area contributed by atoms with E-state index in [1.165, 1.54) is 5.56 Å². The van der Waals surface area contributed by atoms with Crippen LogP contribution >= 0.6 is 0 Å². The van der Waals surface area contributed by atoms with Gasteiger partial charge in [0, 0.05) is 13.1 Å². The molecular formula is C18H33N3O2. The molecule has 0 radical (unpaired) electrons. The maximum atomic E-state index is 9.75. The van der Waals surface area contributed by atoms with Crippen LogP contribution in [0.1, 0.15) is 51.8 Å². The van der Waals surface area contributed by atoms with Gasteiger partial charge in [0.15, 0.2) is 0 Å². The van der Waals surface area contributed by atoms with Crippen LogP contribution < -0.4 is 4.74 Å². The van der Waals surface area contributed by atoms with Crippen molar-refractivity contribution in [1.29, 1.82) is 0 Å². The van der Waals surface area contributed by atoms with Gasteiger partial charge in [-0.15, -0.1) is 0 Å². The second kappa shape index (κ2) is 8.15. The molecular weight excluding hydrogens is 290 g/mol. The average Bonchev–Trinajstić information content (AvgIpc) is 2.76. The lowest BCUT2D eigenvalue weighted by atomic mass is 9.92. The highest BCUT2D eigenvalue weighted by Gasteiger charge is 2.25. The second-order valence-corrected chi connectivity index (χ2v) is 7.23. The number of piperidine rings is 1. The summed E-state index contributed by atoms with van der Waals surface area (Å²) in [5.74, 6) is 1.93. The fourth-order valence-electron chi connectivity index (χ4n) is 3.36. The minimum Gasteiger partial charge on any atom is -0.478 e. The van der Waals surface area contributed by atoms with Crippen LogP contribution in [-0.4, -0.2) is 45.6 Å². The molecule has 0 spiro atoms. The van der Waals surface area contributed by atoms with E-state index >= 15 is 0 Å². The summed E-state index contributed by atoms with van der Waals surface area (Å²) in [7, 11) is 0. The summed E-state index contributed by atoms with van der Waals surface area (Å²) in [5.41, 5.74) is 2.30. The van der Waals surface area contributed by atoms with E-state index in [1.807, 2.05) is 18.5 Å². The first kappa shape index (κ1) is 18.3. The zero-order chi connectivity index (χ0) is 17.0. The molecule has 1 atom stereocenters. The Morgan fingerprint density at radius 1 is 1.26 bits per heavy atom. The molecule has 1 aromatic heterocycles. The number of ether oxygens (including phenoxy) is 1. The molecule has 0 amide bonds. The molecule has 5 heteroatoms. The quantitative estimate of drug-likeness (QED) is 0.838. The van der Waals surface area contributed by atoms with Crippen LogP contribution in [0.4, 0.5) is 0 Å². The Hall–Kier alpha value is -1.07. The van der Waals surface area contributed by atoms with Gasteiger partial charge in [0.25, 0.3) is 0 Å². The van der Waals surface area contributed by atoms with Gasteiger partial charge in [-0.1, -0.05) is 13.8 Å². The highest BCUT2D eigenvalue weighted by atomic mass is 16.5. The van der Waals surface area contributed by atoms with Crippen molar-refractivity contribution in [2.24, 2.45) is 11.8 Å². The lowest BCUT2D eigenvalue weighted by molar-refractivity contribution is 0.0691. The highest BCUT2D eigenvalue weighted by Crippen LogP contribution is 2.28. The van der Waals surface area contributed by atoms with Crippen LogP contribution in [-0.2, 0) is 13.1 Å². The number of rotatable bonds is 7. The third-order valence-electron chi connectivity index (χ3n) is 4.72. The molecule has 0 bridgehead atoms. The largest absolute Gasteiger partial charge is 0.478 e. The molecule has 1 aliphatic rings. The minimum atomic E-state index is -0.188. The summed E-state index contributed by atoms with van der Waals surface area (Å²) in [6, 6.07) is 0. The Labute approximate surface area is 140 Å². The van der Waals surface area contributed by atoms with Crippen LogP contribution in [0.3, 0.4) is 0 Å². The summed E-state index contributed by atoms with van der Waals surface area (Å²) >= 11 is 0. The van der Waals surface area contributed by atoms with Crippen molar-refractivity contribution >= 4 is 0 Å². The van der Waals surface area contributed by atoms with Crippen molar-refractivity contribution in [3.8, 4) is 5.88 Å². The monoisotopic (exact) mass is 323 g/mol. The van der Waals surface area contributed by atoms with Crippen LogP contribution in [0.15, 0.2) is 0 Å². The SMILES string of the molecule is CCOc1c(CN2CCC(C(C)O)CC2)c(C)nn1CC(C)C. The molecule has 132 valence electrons. The Balaban J connectivity index is 2.08. The zero-order valence-corrected chi connectivity index (χ0v) is 15.4. The second-order valence-electron chi connectivity index (χ2n) is 7.23. The first-order valence-corrected chi connectivity index (χ1v) is 9.01. The molecule has 1 unspecified atom stereocenters. The van der Waals surface area contributed by atoms with Gasteiger partial charge in [0.2, 0.25) is 5.88 Å². The van der Waals surface area contributed by atoms with E-state index in [-0.39, 0.29) is 6.10 Å². The summed E-state index contributed by atoms with van der Waals surface area (Å²) in [6.07, 6.45) is 1.95. The standard InChI is InChI=1S/C18H33N3O2/c1-6-23-18-17(14(4)19-21(18)11-13(2)3)12-20-9-7-16(8-10-20)15(5)22/h13,15-16,22H,6-12H2,1-5H3. The summed E-state index contributed by atoms with van der Waals surface area (Å²) < 4.78 is 7.95. The van der Waals surface area contributed by atoms with Gasteiger partial charge in [0.05, 0.1) is 24.0 Å². The lowest BCUT2D eigenvalue weighted by Crippen LogP contribution is -2.36. The molecule has 2 rings (SSSR count). The summed E-state index contributed by atoms with van der Waals surface area (Å²) in [5, 5.41) is 14.4. The van der Waals surface area contributed by atoms with Crippen molar-refractivity contribution in [2.75, 3.05) is 19.7 Å². The van der Waals surface area contributed by atoms with Gasteiger partial charge in [-0.3, -0.25) is 4.90 Å². The van der Waals surface area contributed by atoms with E-state index in [2.05, 4.69) is 25.7 Å². The van der Waals surface area contributed by atoms with Crippen molar-refractivity contribution in [2.45, 2.75) is 66.7 Å². The van der Waals surface area contributed by atoms with Crippen LogP contribution in [0.5, 0.6) is 5.88 Å². The number of nitrogens with zero attached hydrogens (tertiary/aromatic N) is 3. The molecule has 1 aromatic rings. The van der Waals surface area contributed by atoms with E-state index in [4.69, 9.17) is 9.84 Å². The predicted octanol–water partition coefficient (Wildman–Crippen LogP) is 2.84. The first-order valence-electron chi connectivity index (χ1n) is 9.01. The number of aromatic nitrogens is 2. The molecule has 1 saturated heterocycles. The van der Waals surface area contributed by atoms with Crippen LogP contribution in [0.2, 0.25) is 0 Å². The Morgan fingerprint density at radius 2 is 1.91 bits per heavy atom. The summed E-state index contributed by atoms with van der Waals surface area (Å²) in [6.45, 7) is 14.9. The molecule has 1 fully saturated rings. The molecule has 0 aliphatic carbocycles. The van der Waals surface area contributed by atoms with Gasteiger partial charge in [0.1, 0.15) is 0 Å². The van der Waals surface area contributed by atoms with Gasteiger partial charge in [-0.05, 0) is 58.5 Å². The number of aliphatic hydroxyl groups excluding tert-OH is 1. The average molecular weight is 323 g/mol. The fourth-order valence-corrected chi connectivity index (χ4v) is 3.36. The number of likely N-dealkylation sites (tertiary alicyclic amines) is 1. The molecule has 1 aliphatic heterocycles. The van der Waals surface area contributed by atoms with E-state index < -0.39 is 0 Å².